The highest BCUT2D eigenvalue weighted by molar-refractivity contribution is 6.48. The number of hydrogen-bond acceptors (Lipinski definition) is 2. The average molecular weight is 175 g/mol. The van der Waals surface area contributed by atoms with Gasteiger partial charge in [0.15, 0.2) is 0 Å². The first kappa shape index (κ1) is 8.63. The predicted molar refractivity (Wildman–Crippen MR) is 55.0 cm³/mol. The summed E-state index contributed by atoms with van der Waals surface area (Å²) in [7, 11) is 0.115. The molecule has 0 aromatic heterocycles. The molecule has 1 aromatic rings. The molecule has 1 atom stereocenters. The van der Waals surface area contributed by atoms with E-state index in [1.165, 1.54) is 11.1 Å². The highest BCUT2D eigenvalue weighted by atomic mass is 16.4. The summed E-state index contributed by atoms with van der Waals surface area (Å²) >= 11 is 0. The molecule has 68 valence electrons. The Morgan fingerprint density at radius 3 is 3.00 bits per heavy atom. The second-order valence-corrected chi connectivity index (χ2v) is 3.69. The van der Waals surface area contributed by atoms with E-state index in [2.05, 4.69) is 37.3 Å². The molecule has 1 aliphatic rings. The van der Waals surface area contributed by atoms with Crippen LogP contribution in [-0.2, 0) is 0 Å². The van der Waals surface area contributed by atoms with Crippen LogP contribution in [0, 0.1) is 6.92 Å². The van der Waals surface area contributed by atoms with Crippen LogP contribution in [0.1, 0.15) is 24.1 Å². The molecule has 0 aliphatic carbocycles. The van der Waals surface area contributed by atoms with E-state index < -0.39 is 0 Å². The van der Waals surface area contributed by atoms with Gasteiger partial charge in [-0.2, -0.15) is 0 Å². The quantitative estimate of drug-likeness (QED) is 0.610. The van der Waals surface area contributed by atoms with Crippen LogP contribution in [0.2, 0.25) is 6.82 Å². The Morgan fingerprint density at radius 1 is 1.46 bits per heavy atom. The third-order valence-electron chi connectivity index (χ3n) is 2.42. The van der Waals surface area contributed by atoms with Crippen molar-refractivity contribution in [1.29, 1.82) is 0 Å². The van der Waals surface area contributed by atoms with E-state index in [0.29, 0.717) is 6.04 Å². The molecule has 0 saturated heterocycles. The molecule has 0 amide bonds. The van der Waals surface area contributed by atoms with Gasteiger partial charge in [0.1, 0.15) is 5.75 Å². The first-order valence-electron chi connectivity index (χ1n) is 4.70. The molecule has 2 nitrogen and oxygen atoms in total. The lowest BCUT2D eigenvalue weighted by Gasteiger charge is -2.28. The van der Waals surface area contributed by atoms with E-state index in [9.17, 15) is 0 Å². The molecule has 0 fully saturated rings. The molecule has 0 saturated carbocycles. The second-order valence-electron chi connectivity index (χ2n) is 3.69. The zero-order valence-electron chi connectivity index (χ0n) is 8.29. The predicted octanol–water partition coefficient (Wildman–Crippen LogP) is 2.16. The number of hydrogen-bond donors (Lipinski definition) is 1. The zero-order chi connectivity index (χ0) is 9.42. The molecule has 1 aliphatic heterocycles. The van der Waals surface area contributed by atoms with Crippen LogP contribution in [0.5, 0.6) is 5.75 Å². The van der Waals surface area contributed by atoms with Crippen LogP contribution in [0.15, 0.2) is 18.2 Å². The molecule has 13 heavy (non-hydrogen) atoms. The summed E-state index contributed by atoms with van der Waals surface area (Å²) in [6.45, 7) is 6.27. The first-order chi connectivity index (χ1) is 6.16. The molecule has 0 bridgehead atoms. The molecule has 1 heterocycles. The maximum atomic E-state index is 5.67. The lowest BCUT2D eigenvalue weighted by atomic mass is 9.82. The number of aryl methyl sites for hydroxylation is 1. The Labute approximate surface area is 79.4 Å². The van der Waals surface area contributed by atoms with Crippen molar-refractivity contribution in [2.24, 2.45) is 0 Å². The van der Waals surface area contributed by atoms with E-state index in [-0.39, 0.29) is 7.05 Å². The molecular weight excluding hydrogens is 161 g/mol. The van der Waals surface area contributed by atoms with Gasteiger partial charge in [0, 0.05) is 11.6 Å². The van der Waals surface area contributed by atoms with Gasteiger partial charge in [-0.05, 0) is 32.3 Å². The summed E-state index contributed by atoms with van der Waals surface area (Å²) in [5.41, 5.74) is 2.50. The summed E-state index contributed by atoms with van der Waals surface area (Å²) in [6, 6.07) is 6.74. The highest BCUT2D eigenvalue weighted by Gasteiger charge is 2.24. The van der Waals surface area contributed by atoms with Gasteiger partial charge < -0.3 is 9.88 Å². The van der Waals surface area contributed by atoms with Crippen molar-refractivity contribution in [3.63, 3.8) is 0 Å². The Balaban J connectivity index is 2.43. The molecule has 1 aromatic carbocycles. The monoisotopic (exact) mass is 175 g/mol. The van der Waals surface area contributed by atoms with E-state index in [4.69, 9.17) is 4.65 Å². The third-order valence-corrected chi connectivity index (χ3v) is 2.42. The summed E-state index contributed by atoms with van der Waals surface area (Å²) in [6.07, 6.45) is 0. The van der Waals surface area contributed by atoms with Crippen LogP contribution < -0.4 is 9.88 Å². The van der Waals surface area contributed by atoms with E-state index in [0.717, 1.165) is 5.75 Å². The summed E-state index contributed by atoms with van der Waals surface area (Å²) < 4.78 is 5.67. The molecule has 0 spiro atoms. The lowest BCUT2D eigenvalue weighted by molar-refractivity contribution is 0.486. The molecule has 2 rings (SSSR count). The maximum Gasteiger partial charge on any atom is 0.443 e. The minimum absolute atomic E-state index is 0.115. The van der Waals surface area contributed by atoms with E-state index in [1.807, 2.05) is 6.82 Å². The van der Waals surface area contributed by atoms with Crippen molar-refractivity contribution < 1.29 is 4.65 Å². The van der Waals surface area contributed by atoms with Crippen LogP contribution >= 0.6 is 0 Å². The van der Waals surface area contributed by atoms with Crippen molar-refractivity contribution in [3.8, 4) is 5.75 Å². The molecule has 0 radical (unpaired) electrons. The van der Waals surface area contributed by atoms with E-state index >= 15 is 0 Å². The van der Waals surface area contributed by atoms with Crippen molar-refractivity contribution in [2.75, 3.05) is 0 Å². The minimum atomic E-state index is 0.115. The Hall–Kier alpha value is -0.955. The van der Waals surface area contributed by atoms with Crippen LogP contribution in [-0.4, -0.2) is 7.05 Å². The first-order valence-corrected chi connectivity index (χ1v) is 4.70. The largest absolute Gasteiger partial charge is 0.546 e. The van der Waals surface area contributed by atoms with Crippen LogP contribution in [0.25, 0.3) is 0 Å². The summed E-state index contributed by atoms with van der Waals surface area (Å²) in [4.78, 5) is 0. The number of nitrogens with one attached hydrogen (secondary N) is 1. The topological polar surface area (TPSA) is 21.3 Å². The molecule has 3 heteroatoms. The maximum absolute atomic E-state index is 5.67. The Kier molecular flexibility index (Phi) is 2.04. The van der Waals surface area contributed by atoms with Gasteiger partial charge in [0.25, 0.3) is 0 Å². The molecule has 1 N–H and O–H groups in total. The van der Waals surface area contributed by atoms with Gasteiger partial charge in [-0.25, -0.2) is 0 Å². The van der Waals surface area contributed by atoms with Crippen LogP contribution in [0.3, 0.4) is 0 Å². The van der Waals surface area contributed by atoms with Gasteiger partial charge in [0.05, 0.1) is 0 Å². The van der Waals surface area contributed by atoms with Crippen molar-refractivity contribution in [3.05, 3.63) is 29.3 Å². The van der Waals surface area contributed by atoms with E-state index in [1.54, 1.807) is 0 Å². The molecular formula is C10H14BNO. The van der Waals surface area contributed by atoms with Crippen molar-refractivity contribution >= 4 is 7.05 Å². The highest BCUT2D eigenvalue weighted by Crippen LogP contribution is 2.29. The summed E-state index contributed by atoms with van der Waals surface area (Å²) in [5.74, 6) is 1.03. The normalized spacial score (nSPS) is 20.8. The lowest BCUT2D eigenvalue weighted by Crippen LogP contribution is -2.42. The van der Waals surface area contributed by atoms with Gasteiger partial charge in [-0.15, -0.1) is 0 Å². The standard InChI is InChI=1S/C10H14BNO/c1-7-4-5-9-8(2)12-11(3)13-10(9)6-7/h4-6,8,12H,1-3H3. The fourth-order valence-electron chi connectivity index (χ4n) is 1.77. The average Bonchev–Trinajstić information content (AvgIpc) is 2.02. The number of rotatable bonds is 0. The van der Waals surface area contributed by atoms with Gasteiger partial charge in [-0.1, -0.05) is 12.1 Å². The number of benzene rings is 1. The minimum Gasteiger partial charge on any atom is -0.546 e. The summed E-state index contributed by atoms with van der Waals surface area (Å²) in [5, 5.41) is 3.33. The fraction of sp³-hybridized carbons (Fsp3) is 0.400. The zero-order valence-corrected chi connectivity index (χ0v) is 8.29. The van der Waals surface area contributed by atoms with Gasteiger partial charge in [-0.3, -0.25) is 0 Å². The Bertz CT molecular complexity index is 327. The second kappa shape index (κ2) is 3.07. The number of fused-ring (bicyclic) bond motifs is 1. The van der Waals surface area contributed by atoms with Gasteiger partial charge in [0.2, 0.25) is 0 Å². The van der Waals surface area contributed by atoms with Crippen LogP contribution in [0.4, 0.5) is 0 Å². The molecule has 1 unspecified atom stereocenters. The van der Waals surface area contributed by atoms with Gasteiger partial charge >= 0.3 is 7.05 Å². The van der Waals surface area contributed by atoms with Crippen molar-refractivity contribution in [1.82, 2.24) is 5.23 Å². The van der Waals surface area contributed by atoms with Crippen molar-refractivity contribution in [2.45, 2.75) is 26.7 Å². The SMILES string of the molecule is CB1NC(C)c2ccc(C)cc2O1. The smallest absolute Gasteiger partial charge is 0.443 e. The third kappa shape index (κ3) is 1.56. The fourth-order valence-corrected chi connectivity index (χ4v) is 1.77. The Morgan fingerprint density at radius 2 is 2.23 bits per heavy atom.